The quantitative estimate of drug-likeness (QED) is 0.492. The zero-order valence-electron chi connectivity index (χ0n) is 16.3. The van der Waals surface area contributed by atoms with Crippen LogP contribution < -0.4 is 5.73 Å². The lowest BCUT2D eigenvalue weighted by molar-refractivity contribution is -0.136. The second-order valence-corrected chi connectivity index (χ2v) is 6.83. The summed E-state index contributed by atoms with van der Waals surface area (Å²) in [5, 5.41) is 26.6. The van der Waals surface area contributed by atoms with Gasteiger partial charge in [-0.2, -0.15) is 5.26 Å². The lowest BCUT2D eigenvalue weighted by Gasteiger charge is -2.07. The summed E-state index contributed by atoms with van der Waals surface area (Å²) >= 11 is 0. The van der Waals surface area contributed by atoms with Crippen LogP contribution in [0, 0.1) is 11.3 Å². The highest BCUT2D eigenvalue weighted by atomic mass is 16.4. The highest BCUT2D eigenvalue weighted by Crippen LogP contribution is 2.24. The van der Waals surface area contributed by atoms with Gasteiger partial charge in [-0.05, 0) is 29.3 Å². The van der Waals surface area contributed by atoms with Crippen LogP contribution in [-0.4, -0.2) is 36.0 Å². The van der Waals surface area contributed by atoms with Crippen molar-refractivity contribution in [1.82, 2.24) is 25.0 Å². The molecule has 9 heteroatoms. The molecule has 0 unspecified atom stereocenters. The number of nitrogens with zero attached hydrogens (tertiary/aromatic N) is 6. The van der Waals surface area contributed by atoms with Gasteiger partial charge in [0.15, 0.2) is 0 Å². The second-order valence-electron chi connectivity index (χ2n) is 6.83. The van der Waals surface area contributed by atoms with Crippen LogP contribution >= 0.6 is 0 Å². The lowest BCUT2D eigenvalue weighted by atomic mass is 10.0. The van der Waals surface area contributed by atoms with Crippen LogP contribution in [0.1, 0.15) is 16.7 Å². The van der Waals surface area contributed by atoms with Crippen molar-refractivity contribution < 1.29 is 9.90 Å². The minimum absolute atomic E-state index is 0.0642. The molecule has 152 valence electrons. The number of hydrogen-bond donors (Lipinski definition) is 2. The van der Waals surface area contributed by atoms with E-state index in [1.54, 1.807) is 47.3 Å². The largest absolute Gasteiger partial charge is 0.481 e. The molecule has 4 aromatic rings. The Labute approximate surface area is 177 Å². The minimum Gasteiger partial charge on any atom is -0.481 e. The molecule has 0 amide bonds. The van der Waals surface area contributed by atoms with Gasteiger partial charge < -0.3 is 10.8 Å². The van der Waals surface area contributed by atoms with Crippen molar-refractivity contribution in [3.63, 3.8) is 0 Å². The molecule has 0 aliphatic rings. The van der Waals surface area contributed by atoms with E-state index in [1.807, 2.05) is 18.2 Å². The smallest absolute Gasteiger partial charge is 0.307 e. The zero-order chi connectivity index (χ0) is 21.8. The minimum atomic E-state index is -0.892. The fourth-order valence-electron chi connectivity index (χ4n) is 3.21. The third-order valence-electron chi connectivity index (χ3n) is 4.62. The first kappa shape index (κ1) is 19.7. The summed E-state index contributed by atoms with van der Waals surface area (Å²) in [6, 6.07) is 18.2. The Morgan fingerprint density at radius 1 is 1.03 bits per heavy atom. The van der Waals surface area contributed by atoms with Gasteiger partial charge in [0.05, 0.1) is 42.2 Å². The summed E-state index contributed by atoms with van der Waals surface area (Å²) in [6.07, 6.45) is 1.65. The molecule has 31 heavy (non-hydrogen) atoms. The normalized spacial score (nSPS) is 10.5. The van der Waals surface area contributed by atoms with Crippen LogP contribution in [0.4, 0.5) is 5.95 Å². The van der Waals surface area contributed by atoms with E-state index in [1.165, 1.54) is 0 Å². The van der Waals surface area contributed by atoms with Gasteiger partial charge in [-0.3, -0.25) is 4.79 Å². The molecular weight excluding hydrogens is 394 g/mol. The number of anilines is 1. The first-order chi connectivity index (χ1) is 15.0. The van der Waals surface area contributed by atoms with E-state index < -0.39 is 5.97 Å². The number of aliphatic carboxylic acids is 1. The van der Waals surface area contributed by atoms with Gasteiger partial charge in [0.1, 0.15) is 5.69 Å². The van der Waals surface area contributed by atoms with Crippen molar-refractivity contribution in [3.8, 4) is 28.7 Å². The molecule has 4 rings (SSSR count). The van der Waals surface area contributed by atoms with E-state index in [0.717, 1.165) is 16.7 Å². The van der Waals surface area contributed by atoms with Gasteiger partial charge in [-0.25, -0.2) is 14.6 Å². The maximum atomic E-state index is 11.1. The number of nitrogens with two attached hydrogens (primary N) is 1. The molecular formula is C22H17N7O2. The average Bonchev–Trinajstić information content (AvgIpc) is 3.23. The average molecular weight is 411 g/mol. The Morgan fingerprint density at radius 3 is 2.58 bits per heavy atom. The molecule has 0 saturated carbocycles. The predicted molar refractivity (Wildman–Crippen MR) is 112 cm³/mol. The van der Waals surface area contributed by atoms with Gasteiger partial charge in [0.25, 0.3) is 0 Å². The van der Waals surface area contributed by atoms with Crippen LogP contribution in [0.5, 0.6) is 0 Å². The van der Waals surface area contributed by atoms with Gasteiger partial charge in [0, 0.05) is 5.56 Å². The molecule has 3 N–H and O–H groups in total. The molecule has 2 aromatic heterocycles. The Balaban J connectivity index is 1.63. The van der Waals surface area contributed by atoms with Crippen LogP contribution in [-0.2, 0) is 17.8 Å². The maximum Gasteiger partial charge on any atom is 0.307 e. The molecule has 2 aromatic carbocycles. The van der Waals surface area contributed by atoms with E-state index >= 15 is 0 Å². The van der Waals surface area contributed by atoms with Crippen molar-refractivity contribution in [3.05, 3.63) is 77.5 Å². The monoisotopic (exact) mass is 411 g/mol. The van der Waals surface area contributed by atoms with Crippen LogP contribution in [0.25, 0.3) is 22.6 Å². The summed E-state index contributed by atoms with van der Waals surface area (Å²) in [7, 11) is 0. The van der Waals surface area contributed by atoms with Crippen molar-refractivity contribution in [2.24, 2.45) is 0 Å². The summed E-state index contributed by atoms with van der Waals surface area (Å²) in [5.74, 6) is -0.813. The van der Waals surface area contributed by atoms with Crippen LogP contribution in [0.2, 0.25) is 0 Å². The SMILES string of the molecule is N#Cc1cccc(-c2cc(-c3cn(Cc4ccccc4CC(=O)O)nn3)nc(N)n2)c1. The van der Waals surface area contributed by atoms with Crippen LogP contribution in [0.15, 0.2) is 60.8 Å². The van der Waals surface area contributed by atoms with E-state index in [4.69, 9.17) is 16.1 Å². The second kappa shape index (κ2) is 8.42. The third kappa shape index (κ3) is 4.54. The Kier molecular flexibility index (Phi) is 5.36. The van der Waals surface area contributed by atoms with Gasteiger partial charge in [-0.15, -0.1) is 5.10 Å². The van der Waals surface area contributed by atoms with E-state index in [-0.39, 0.29) is 12.4 Å². The molecule has 9 nitrogen and oxygen atoms in total. The molecule has 0 radical (unpaired) electrons. The standard InChI is InChI=1S/C22H17N7O2/c23-11-14-4-3-7-16(8-14)18-10-19(26-22(24)25-18)20-13-29(28-27-20)12-17-6-2-1-5-15(17)9-21(30)31/h1-8,10,13H,9,12H2,(H,30,31)(H2,24,25,26). The number of nitrogen functional groups attached to an aromatic ring is 1. The third-order valence-corrected chi connectivity index (χ3v) is 4.62. The van der Waals surface area contributed by atoms with Crippen molar-refractivity contribution >= 4 is 11.9 Å². The van der Waals surface area contributed by atoms with E-state index in [9.17, 15) is 4.79 Å². The number of aromatic nitrogens is 5. The van der Waals surface area contributed by atoms with E-state index in [0.29, 0.717) is 29.2 Å². The number of carbonyl (C=O) groups is 1. The summed E-state index contributed by atoms with van der Waals surface area (Å²) in [5.41, 5.74) is 10.3. The Bertz CT molecular complexity index is 1310. The van der Waals surface area contributed by atoms with Gasteiger partial charge in [0.2, 0.25) is 5.95 Å². The van der Waals surface area contributed by atoms with Crippen molar-refractivity contribution in [2.45, 2.75) is 13.0 Å². The summed E-state index contributed by atoms with van der Waals surface area (Å²) < 4.78 is 1.62. The van der Waals surface area contributed by atoms with Crippen molar-refractivity contribution in [2.75, 3.05) is 5.73 Å². The highest BCUT2D eigenvalue weighted by Gasteiger charge is 2.12. The number of nitriles is 1. The lowest BCUT2D eigenvalue weighted by Crippen LogP contribution is -2.07. The number of carboxylic acids is 1. The number of hydrogen-bond acceptors (Lipinski definition) is 7. The number of carboxylic acid groups (broad SMARTS) is 1. The fourth-order valence-corrected chi connectivity index (χ4v) is 3.21. The van der Waals surface area contributed by atoms with E-state index in [2.05, 4.69) is 26.3 Å². The maximum absolute atomic E-state index is 11.1. The Hall–Kier alpha value is -4.58. The van der Waals surface area contributed by atoms with Gasteiger partial charge >= 0.3 is 5.97 Å². The molecule has 0 aliphatic carbocycles. The molecule has 0 aliphatic heterocycles. The van der Waals surface area contributed by atoms with Crippen molar-refractivity contribution in [1.29, 1.82) is 5.26 Å². The van der Waals surface area contributed by atoms with Crippen LogP contribution in [0.3, 0.4) is 0 Å². The van der Waals surface area contributed by atoms with Gasteiger partial charge in [-0.1, -0.05) is 41.6 Å². The number of benzene rings is 2. The molecule has 0 spiro atoms. The topological polar surface area (TPSA) is 144 Å². The Morgan fingerprint density at radius 2 is 1.81 bits per heavy atom. The fraction of sp³-hybridized carbons (Fsp3) is 0.0909. The molecule has 0 fully saturated rings. The molecule has 0 atom stereocenters. The predicted octanol–water partition coefficient (Wildman–Crippen LogP) is 2.53. The first-order valence-corrected chi connectivity index (χ1v) is 9.36. The molecule has 0 saturated heterocycles. The molecule has 2 heterocycles. The zero-order valence-corrected chi connectivity index (χ0v) is 16.3. The highest BCUT2D eigenvalue weighted by molar-refractivity contribution is 5.71. The molecule has 0 bridgehead atoms. The first-order valence-electron chi connectivity index (χ1n) is 9.36. The number of rotatable bonds is 6. The summed E-state index contributed by atoms with van der Waals surface area (Å²) in [6.45, 7) is 0.369. The summed E-state index contributed by atoms with van der Waals surface area (Å²) in [4.78, 5) is 19.6.